The third-order valence-electron chi connectivity index (χ3n) is 6.52. The van der Waals surface area contributed by atoms with Crippen molar-refractivity contribution in [2.75, 3.05) is 13.7 Å². The zero-order valence-corrected chi connectivity index (χ0v) is 20.6. The average molecular weight is 494 g/mol. The Labute approximate surface area is 209 Å². The van der Waals surface area contributed by atoms with Gasteiger partial charge < -0.3 is 19.7 Å². The number of aromatic nitrogens is 3. The minimum absolute atomic E-state index is 0.0713. The first kappa shape index (κ1) is 25.2. The van der Waals surface area contributed by atoms with Crippen LogP contribution in [-0.4, -0.2) is 50.6 Å². The first-order valence-corrected chi connectivity index (χ1v) is 12.1. The molecule has 9 nitrogen and oxygen atoms in total. The van der Waals surface area contributed by atoms with E-state index in [2.05, 4.69) is 17.2 Å². The second kappa shape index (κ2) is 11.2. The minimum atomic E-state index is -1.09. The molecule has 4 rings (SSSR count). The van der Waals surface area contributed by atoms with Gasteiger partial charge in [-0.1, -0.05) is 6.07 Å². The summed E-state index contributed by atoms with van der Waals surface area (Å²) in [5, 5.41) is 23.4. The largest absolute Gasteiger partial charge is 0.496 e. The van der Waals surface area contributed by atoms with Gasteiger partial charge in [0.25, 0.3) is 0 Å². The van der Waals surface area contributed by atoms with Crippen LogP contribution in [0.2, 0.25) is 0 Å². The molecule has 2 aromatic heterocycles. The highest BCUT2D eigenvalue weighted by Crippen LogP contribution is 2.33. The zero-order valence-electron chi connectivity index (χ0n) is 20.6. The second-order valence-corrected chi connectivity index (χ2v) is 9.07. The highest BCUT2D eigenvalue weighted by atomic mass is 16.5. The van der Waals surface area contributed by atoms with Crippen LogP contribution >= 0.6 is 0 Å². The maximum Gasteiger partial charge on any atom is 0.335 e. The van der Waals surface area contributed by atoms with Gasteiger partial charge in [0, 0.05) is 36.8 Å². The molecule has 0 saturated carbocycles. The molecule has 0 spiro atoms. The monoisotopic (exact) mass is 493 g/mol. The SMILES string of the molecule is COc1ccc(C(=O)O)cc1C(CC(=O)O)Cc1cc(OCCc2ccc3c(n2)CCCC3)n(C)n1. The van der Waals surface area contributed by atoms with Crippen molar-refractivity contribution in [3.8, 4) is 11.6 Å². The van der Waals surface area contributed by atoms with Crippen LogP contribution in [0.25, 0.3) is 0 Å². The van der Waals surface area contributed by atoms with Gasteiger partial charge >= 0.3 is 11.9 Å². The van der Waals surface area contributed by atoms with Crippen LogP contribution in [-0.2, 0) is 37.5 Å². The lowest BCUT2D eigenvalue weighted by molar-refractivity contribution is -0.137. The fourth-order valence-electron chi connectivity index (χ4n) is 4.71. The summed E-state index contributed by atoms with van der Waals surface area (Å²) in [4.78, 5) is 27.9. The standard InChI is InChI=1S/C27H31N3O6/c1-30-25(36-12-11-20-9-7-17-5-3-4-6-23(17)28-20)16-21(29-30)13-19(15-26(31)32)22-14-18(27(33)34)8-10-24(22)35-2/h7-10,14,16,19H,3-6,11-13,15H2,1-2H3,(H,31,32)(H,33,34). The maximum absolute atomic E-state index is 11.6. The van der Waals surface area contributed by atoms with Gasteiger partial charge in [-0.25, -0.2) is 9.48 Å². The van der Waals surface area contributed by atoms with E-state index in [4.69, 9.17) is 14.5 Å². The number of pyridine rings is 1. The van der Waals surface area contributed by atoms with E-state index in [0.29, 0.717) is 35.9 Å². The van der Waals surface area contributed by atoms with Crippen LogP contribution in [0.4, 0.5) is 0 Å². The summed E-state index contributed by atoms with van der Waals surface area (Å²) in [5.74, 6) is -1.60. The molecule has 0 saturated heterocycles. The Morgan fingerprint density at radius 2 is 1.89 bits per heavy atom. The van der Waals surface area contributed by atoms with E-state index in [9.17, 15) is 19.8 Å². The number of carboxylic acids is 2. The lowest BCUT2D eigenvalue weighted by Crippen LogP contribution is -2.12. The Morgan fingerprint density at radius 1 is 1.08 bits per heavy atom. The number of aromatic carboxylic acids is 1. The van der Waals surface area contributed by atoms with E-state index in [1.165, 1.54) is 43.3 Å². The summed E-state index contributed by atoms with van der Waals surface area (Å²) in [5.41, 5.74) is 4.80. The molecule has 0 amide bonds. The van der Waals surface area contributed by atoms with Gasteiger partial charge in [0.2, 0.25) is 5.88 Å². The predicted octanol–water partition coefficient (Wildman–Crippen LogP) is 3.82. The van der Waals surface area contributed by atoms with Gasteiger partial charge in [-0.05, 0) is 67.5 Å². The Kier molecular flexibility index (Phi) is 7.87. The molecule has 2 heterocycles. The van der Waals surface area contributed by atoms with Crippen molar-refractivity contribution in [1.82, 2.24) is 14.8 Å². The smallest absolute Gasteiger partial charge is 0.335 e. The van der Waals surface area contributed by atoms with E-state index in [-0.39, 0.29) is 18.4 Å². The number of aliphatic carboxylic acids is 1. The summed E-state index contributed by atoms with van der Waals surface area (Å²) >= 11 is 0. The number of rotatable bonds is 11. The molecule has 1 aromatic carbocycles. The number of fused-ring (bicyclic) bond motifs is 1. The molecule has 0 fully saturated rings. The van der Waals surface area contributed by atoms with Gasteiger partial charge in [-0.3, -0.25) is 9.78 Å². The van der Waals surface area contributed by atoms with Crippen LogP contribution in [0.5, 0.6) is 11.6 Å². The van der Waals surface area contributed by atoms with Crippen LogP contribution in [0.3, 0.4) is 0 Å². The highest BCUT2D eigenvalue weighted by Gasteiger charge is 2.23. The number of hydrogen-bond donors (Lipinski definition) is 2. The molecule has 1 aliphatic rings. The molecule has 3 aromatic rings. The van der Waals surface area contributed by atoms with Crippen molar-refractivity contribution in [1.29, 1.82) is 0 Å². The number of hydrogen-bond acceptors (Lipinski definition) is 6. The summed E-state index contributed by atoms with van der Waals surface area (Å²) in [6, 6.07) is 10.5. The molecule has 0 aliphatic heterocycles. The van der Waals surface area contributed by atoms with Crippen molar-refractivity contribution in [3.05, 3.63) is 70.2 Å². The number of aryl methyl sites for hydroxylation is 3. The molecule has 1 unspecified atom stereocenters. The predicted molar refractivity (Wildman–Crippen MR) is 132 cm³/mol. The van der Waals surface area contributed by atoms with Crippen molar-refractivity contribution in [2.24, 2.45) is 7.05 Å². The van der Waals surface area contributed by atoms with Gasteiger partial charge in [0.15, 0.2) is 0 Å². The van der Waals surface area contributed by atoms with Crippen LogP contribution in [0, 0.1) is 0 Å². The van der Waals surface area contributed by atoms with Crippen molar-refractivity contribution in [2.45, 2.75) is 50.9 Å². The quantitative estimate of drug-likeness (QED) is 0.413. The lowest BCUT2D eigenvalue weighted by Gasteiger charge is -2.18. The summed E-state index contributed by atoms with van der Waals surface area (Å²) in [7, 11) is 3.25. The topological polar surface area (TPSA) is 124 Å². The number of carboxylic acid groups (broad SMARTS) is 2. The molecule has 0 bridgehead atoms. The minimum Gasteiger partial charge on any atom is -0.496 e. The van der Waals surface area contributed by atoms with Crippen molar-refractivity contribution in [3.63, 3.8) is 0 Å². The Bertz CT molecular complexity index is 1250. The van der Waals surface area contributed by atoms with Crippen LogP contribution in [0.1, 0.15) is 63.7 Å². The number of ether oxygens (including phenoxy) is 2. The van der Waals surface area contributed by atoms with Crippen LogP contribution in [0.15, 0.2) is 36.4 Å². The number of nitrogens with zero attached hydrogens (tertiary/aromatic N) is 3. The van der Waals surface area contributed by atoms with Crippen LogP contribution < -0.4 is 9.47 Å². The molecule has 1 aliphatic carbocycles. The van der Waals surface area contributed by atoms with E-state index in [1.54, 1.807) is 23.9 Å². The first-order chi connectivity index (χ1) is 17.3. The molecule has 190 valence electrons. The first-order valence-electron chi connectivity index (χ1n) is 12.1. The fourth-order valence-corrected chi connectivity index (χ4v) is 4.71. The van der Waals surface area contributed by atoms with E-state index >= 15 is 0 Å². The van der Waals surface area contributed by atoms with E-state index in [0.717, 1.165) is 18.5 Å². The number of benzene rings is 1. The van der Waals surface area contributed by atoms with E-state index in [1.807, 2.05) is 0 Å². The Morgan fingerprint density at radius 3 is 2.64 bits per heavy atom. The normalized spacial score (nSPS) is 13.6. The van der Waals surface area contributed by atoms with Crippen molar-refractivity contribution < 1.29 is 29.3 Å². The van der Waals surface area contributed by atoms with Gasteiger partial charge in [-0.15, -0.1) is 0 Å². The van der Waals surface area contributed by atoms with Gasteiger partial charge in [0.05, 0.1) is 31.4 Å². The zero-order chi connectivity index (χ0) is 25.7. The summed E-state index contributed by atoms with van der Waals surface area (Å²) < 4.78 is 13.0. The fraction of sp³-hybridized carbons (Fsp3) is 0.407. The third kappa shape index (κ3) is 6.02. The molecular formula is C27H31N3O6. The molecular weight excluding hydrogens is 462 g/mol. The Balaban J connectivity index is 1.46. The number of carbonyl (C=O) groups is 2. The molecule has 9 heteroatoms. The summed E-state index contributed by atoms with van der Waals surface area (Å²) in [6.45, 7) is 0.442. The van der Waals surface area contributed by atoms with Gasteiger partial charge in [0.1, 0.15) is 5.75 Å². The maximum atomic E-state index is 11.6. The second-order valence-electron chi connectivity index (χ2n) is 9.07. The molecule has 2 N–H and O–H groups in total. The third-order valence-corrected chi connectivity index (χ3v) is 6.52. The van der Waals surface area contributed by atoms with Gasteiger partial charge in [-0.2, -0.15) is 5.10 Å². The lowest BCUT2D eigenvalue weighted by atomic mass is 9.89. The summed E-state index contributed by atoms with van der Waals surface area (Å²) in [6.07, 6.45) is 5.32. The van der Waals surface area contributed by atoms with E-state index < -0.39 is 17.9 Å². The number of methoxy groups -OCH3 is 1. The molecule has 0 radical (unpaired) electrons. The molecule has 36 heavy (non-hydrogen) atoms. The Hall–Kier alpha value is -3.88. The highest BCUT2D eigenvalue weighted by molar-refractivity contribution is 5.88. The molecule has 1 atom stereocenters. The average Bonchev–Trinajstić information content (AvgIpc) is 3.21. The van der Waals surface area contributed by atoms with Crippen molar-refractivity contribution >= 4 is 11.9 Å².